The topological polar surface area (TPSA) is 98.1 Å². The Bertz CT molecular complexity index is 1240. The number of amides is 1. The number of likely N-dealkylation sites (tertiary alicyclic amines) is 1. The minimum atomic E-state index is -0.540. The number of nitrogens with zero attached hydrogens (tertiary/aromatic N) is 5. The zero-order valence-electron chi connectivity index (χ0n) is 15.5. The number of allylic oxidation sites excluding steroid dienone is 4. The Morgan fingerprint density at radius 2 is 2.07 bits per heavy atom. The zero-order chi connectivity index (χ0) is 20.8. The molecule has 3 heterocycles. The van der Waals surface area contributed by atoms with Gasteiger partial charge in [0.1, 0.15) is 12.2 Å². The highest BCUT2D eigenvalue weighted by atomic mass is 79.9. The summed E-state index contributed by atoms with van der Waals surface area (Å²) in [5.74, 6) is -1.57. The van der Waals surface area contributed by atoms with E-state index in [1.54, 1.807) is 12.3 Å². The van der Waals surface area contributed by atoms with Crippen LogP contribution in [0, 0.1) is 5.92 Å². The maximum Gasteiger partial charge on any atom is 0.295 e. The van der Waals surface area contributed by atoms with E-state index in [1.165, 1.54) is 20.9 Å². The molecule has 1 aliphatic carbocycles. The monoisotopic (exact) mass is 483 g/mol. The molecule has 1 amide bonds. The van der Waals surface area contributed by atoms with E-state index < -0.39 is 17.6 Å². The number of para-hydroxylation sites is 1. The molecule has 5 rings (SSSR count). The largest absolute Gasteiger partial charge is 0.303 e. The first kappa shape index (κ1) is 19.0. The van der Waals surface area contributed by atoms with Crippen molar-refractivity contribution in [1.82, 2.24) is 24.9 Å². The molecule has 3 aromatic rings. The Morgan fingerprint density at radius 3 is 2.90 bits per heavy atom. The second-order valence-corrected chi connectivity index (χ2v) is 9.08. The Kier molecular flexibility index (Phi) is 4.67. The number of Topliss-reactive ketones (excluding diaryl/α,β-unsaturated/α-hetero) is 2. The van der Waals surface area contributed by atoms with E-state index in [0.29, 0.717) is 22.8 Å². The van der Waals surface area contributed by atoms with Crippen LogP contribution in [0.4, 0.5) is 0 Å². The minimum Gasteiger partial charge on any atom is -0.303 e. The first-order chi connectivity index (χ1) is 14.5. The van der Waals surface area contributed by atoms with Gasteiger partial charge in [-0.25, -0.2) is 9.67 Å². The highest BCUT2D eigenvalue weighted by Crippen LogP contribution is 2.37. The van der Waals surface area contributed by atoms with Crippen molar-refractivity contribution in [3.63, 3.8) is 0 Å². The summed E-state index contributed by atoms with van der Waals surface area (Å²) in [5, 5.41) is 8.48. The van der Waals surface area contributed by atoms with E-state index in [-0.39, 0.29) is 18.9 Å². The van der Waals surface area contributed by atoms with Crippen molar-refractivity contribution in [2.24, 2.45) is 5.92 Å². The molecule has 1 saturated heterocycles. The quantitative estimate of drug-likeness (QED) is 0.408. The number of ketones is 2. The molecule has 2 aromatic heterocycles. The number of hydrogen-bond acceptors (Lipinski definition) is 7. The fraction of sp³-hybridized carbons (Fsp3) is 0.200. The number of carbonyl (C=O) groups excluding carboxylic acids is 3. The molecule has 0 bridgehead atoms. The van der Waals surface area contributed by atoms with Crippen LogP contribution in [0.3, 0.4) is 0 Å². The Labute approximate surface area is 183 Å². The van der Waals surface area contributed by atoms with Gasteiger partial charge in [0.15, 0.2) is 5.01 Å². The van der Waals surface area contributed by atoms with Gasteiger partial charge in [0.25, 0.3) is 5.91 Å². The van der Waals surface area contributed by atoms with Crippen LogP contribution >= 0.6 is 27.3 Å². The Hall–Kier alpha value is -2.98. The summed E-state index contributed by atoms with van der Waals surface area (Å²) in [6, 6.07) is 7.58. The van der Waals surface area contributed by atoms with Gasteiger partial charge in [-0.15, -0.1) is 16.4 Å². The number of carbonyl (C=O) groups is 3. The second-order valence-electron chi connectivity index (χ2n) is 7.03. The molecular weight excluding hydrogens is 470 g/mol. The Balaban J connectivity index is 1.31. The number of halogens is 1. The molecule has 0 N–H and O–H groups in total. The van der Waals surface area contributed by atoms with Gasteiger partial charge in [-0.05, 0) is 29.1 Å². The molecule has 1 atom stereocenters. The van der Waals surface area contributed by atoms with Gasteiger partial charge in [-0.3, -0.25) is 14.4 Å². The highest BCUT2D eigenvalue weighted by Gasteiger charge is 2.44. The van der Waals surface area contributed by atoms with E-state index >= 15 is 0 Å². The maximum absolute atomic E-state index is 12.6. The normalized spacial score (nSPS) is 18.6. The smallest absolute Gasteiger partial charge is 0.295 e. The molecule has 1 unspecified atom stereocenters. The Morgan fingerprint density at radius 1 is 1.23 bits per heavy atom. The van der Waals surface area contributed by atoms with Gasteiger partial charge in [-0.2, -0.15) is 0 Å². The standard InChI is InChI=1S/C20H14BrN5O3S/c21-11-5-6-15-13(7-11)18(28)20(29)26(15)9-12-8-25(24-23-12)10-16(27)19-22-14-3-1-2-4-17(14)30-19/h1-6,8,13H,7,9-10H2. The molecule has 0 radical (unpaired) electrons. The molecule has 8 nitrogen and oxygen atoms in total. The van der Waals surface area contributed by atoms with Crippen molar-refractivity contribution in [2.45, 2.75) is 19.5 Å². The van der Waals surface area contributed by atoms with E-state index in [1.807, 2.05) is 30.3 Å². The third kappa shape index (κ3) is 3.31. The fourth-order valence-electron chi connectivity index (χ4n) is 3.58. The lowest BCUT2D eigenvalue weighted by Gasteiger charge is -2.20. The van der Waals surface area contributed by atoms with Crippen LogP contribution in [0.15, 0.2) is 52.8 Å². The second kappa shape index (κ2) is 7.37. The van der Waals surface area contributed by atoms with Crippen molar-refractivity contribution in [3.05, 3.63) is 63.5 Å². The molecule has 30 heavy (non-hydrogen) atoms. The lowest BCUT2D eigenvalue weighted by molar-refractivity contribution is -0.140. The molecule has 150 valence electrons. The van der Waals surface area contributed by atoms with Crippen molar-refractivity contribution in [3.8, 4) is 0 Å². The average Bonchev–Trinajstić information content (AvgIpc) is 3.42. The summed E-state index contributed by atoms with van der Waals surface area (Å²) in [5.41, 5.74) is 1.97. The van der Waals surface area contributed by atoms with Crippen molar-refractivity contribution < 1.29 is 14.4 Å². The minimum absolute atomic E-state index is 0.000699. The highest BCUT2D eigenvalue weighted by molar-refractivity contribution is 9.11. The average molecular weight is 484 g/mol. The van der Waals surface area contributed by atoms with Gasteiger partial charge in [0.2, 0.25) is 11.6 Å². The van der Waals surface area contributed by atoms with Crippen LogP contribution < -0.4 is 0 Å². The summed E-state index contributed by atoms with van der Waals surface area (Å²) in [6.07, 6.45) is 5.72. The number of fused-ring (bicyclic) bond motifs is 2. The van der Waals surface area contributed by atoms with Gasteiger partial charge in [-0.1, -0.05) is 39.4 Å². The maximum atomic E-state index is 12.6. The van der Waals surface area contributed by atoms with E-state index in [2.05, 4.69) is 31.2 Å². The third-order valence-corrected chi connectivity index (χ3v) is 6.68. The first-order valence-electron chi connectivity index (χ1n) is 9.19. The van der Waals surface area contributed by atoms with Gasteiger partial charge >= 0.3 is 0 Å². The van der Waals surface area contributed by atoms with Crippen LogP contribution in [-0.2, 0) is 22.7 Å². The van der Waals surface area contributed by atoms with Gasteiger partial charge in [0, 0.05) is 5.70 Å². The SMILES string of the molecule is O=C(Cn1cc(CN2C(=O)C(=O)C3CC(Br)=CC=C32)nn1)c1nc2ccccc2s1. The third-order valence-electron chi connectivity index (χ3n) is 5.02. The summed E-state index contributed by atoms with van der Waals surface area (Å²) in [7, 11) is 0. The van der Waals surface area contributed by atoms with Crippen molar-refractivity contribution in [1.29, 1.82) is 0 Å². The van der Waals surface area contributed by atoms with Crippen LogP contribution in [0.1, 0.15) is 21.9 Å². The number of benzene rings is 1. The van der Waals surface area contributed by atoms with Crippen LogP contribution in [-0.4, -0.2) is 42.4 Å². The number of thiazole rings is 1. The number of aromatic nitrogens is 4. The predicted molar refractivity (Wildman–Crippen MR) is 113 cm³/mol. The summed E-state index contributed by atoms with van der Waals surface area (Å²) in [6.45, 7) is 0.133. The molecule has 1 aromatic carbocycles. The van der Waals surface area contributed by atoms with E-state index in [9.17, 15) is 14.4 Å². The van der Waals surface area contributed by atoms with Crippen molar-refractivity contribution >= 4 is 55.0 Å². The molecule has 0 saturated carbocycles. The van der Waals surface area contributed by atoms with Crippen molar-refractivity contribution in [2.75, 3.05) is 0 Å². The lowest BCUT2D eigenvalue weighted by atomic mass is 9.96. The summed E-state index contributed by atoms with van der Waals surface area (Å²) in [4.78, 5) is 43.1. The van der Waals surface area contributed by atoms with E-state index in [4.69, 9.17) is 0 Å². The summed E-state index contributed by atoms with van der Waals surface area (Å²) < 4.78 is 3.27. The molecule has 1 fully saturated rings. The lowest BCUT2D eigenvalue weighted by Crippen LogP contribution is -2.26. The van der Waals surface area contributed by atoms with Gasteiger partial charge in [0.05, 0.1) is 28.9 Å². The van der Waals surface area contributed by atoms with Gasteiger partial charge < -0.3 is 4.90 Å². The van der Waals surface area contributed by atoms with Crippen LogP contribution in [0.5, 0.6) is 0 Å². The predicted octanol–water partition coefficient (Wildman–Crippen LogP) is 2.86. The molecular formula is C20H14BrN5O3S. The first-order valence-corrected chi connectivity index (χ1v) is 10.8. The summed E-state index contributed by atoms with van der Waals surface area (Å²) >= 11 is 4.73. The number of rotatable bonds is 5. The van der Waals surface area contributed by atoms with E-state index in [0.717, 1.165) is 14.7 Å². The molecule has 10 heteroatoms. The molecule has 0 spiro atoms. The van der Waals surface area contributed by atoms with Crippen LogP contribution in [0.25, 0.3) is 10.2 Å². The molecule has 1 aliphatic heterocycles. The van der Waals surface area contributed by atoms with Crippen LogP contribution in [0.2, 0.25) is 0 Å². The number of hydrogen-bond donors (Lipinski definition) is 0. The zero-order valence-corrected chi connectivity index (χ0v) is 17.9. The molecule has 2 aliphatic rings. The fourth-order valence-corrected chi connectivity index (χ4v) is 4.94.